The molecule has 0 bridgehead atoms. The fraction of sp³-hybridized carbons (Fsp3) is 0.500. The minimum Gasteiger partial charge on any atom is -0.487 e. The van der Waals surface area contributed by atoms with Gasteiger partial charge in [-0.3, -0.25) is 4.90 Å². The summed E-state index contributed by atoms with van der Waals surface area (Å²) in [6, 6.07) is 10.8. The van der Waals surface area contributed by atoms with Gasteiger partial charge in [-0.1, -0.05) is 44.7 Å². The first-order valence-corrected chi connectivity index (χ1v) is 13.8. The van der Waals surface area contributed by atoms with E-state index in [2.05, 4.69) is 30.6 Å². The fourth-order valence-corrected chi connectivity index (χ4v) is 5.98. The number of likely N-dealkylation sites (N-methyl/N-ethyl adjacent to an activating group) is 1. The highest BCUT2D eigenvalue weighted by Crippen LogP contribution is 2.34. The lowest BCUT2D eigenvalue weighted by molar-refractivity contribution is 0.0733. The number of aliphatic hydroxyl groups is 1. The third-order valence-electron chi connectivity index (χ3n) is 6.27. The van der Waals surface area contributed by atoms with E-state index in [4.69, 9.17) is 4.74 Å². The molecule has 6 nitrogen and oxygen atoms in total. The molecule has 1 aliphatic heterocycles. The van der Waals surface area contributed by atoms with Crippen LogP contribution in [-0.4, -0.2) is 61.6 Å². The summed E-state index contributed by atoms with van der Waals surface area (Å²) >= 11 is 0. The Bertz CT molecular complexity index is 1190. The van der Waals surface area contributed by atoms with Gasteiger partial charge >= 0.3 is 0 Å². The molecule has 1 aliphatic rings. The smallest absolute Gasteiger partial charge is 0.247 e. The molecule has 0 spiro atoms. The summed E-state index contributed by atoms with van der Waals surface area (Å²) in [5.41, 5.74) is 1.66. The number of aliphatic hydroxyl groups excluding tert-OH is 1. The van der Waals surface area contributed by atoms with Crippen molar-refractivity contribution in [3.05, 3.63) is 59.4 Å². The third kappa shape index (κ3) is 7.07. The Kier molecular flexibility index (Phi) is 9.53. The molecular weight excluding hydrogens is 479 g/mol. The maximum Gasteiger partial charge on any atom is 0.247 e. The second-order valence-corrected chi connectivity index (χ2v) is 12.0. The number of rotatable bonds is 7. The lowest BCUT2D eigenvalue weighted by Crippen LogP contribution is -2.49. The van der Waals surface area contributed by atoms with Crippen LogP contribution in [0.3, 0.4) is 0 Å². The van der Waals surface area contributed by atoms with Gasteiger partial charge in [0.25, 0.3) is 0 Å². The number of halogens is 1. The van der Waals surface area contributed by atoms with Gasteiger partial charge in [0, 0.05) is 43.6 Å². The second-order valence-electron chi connectivity index (χ2n) is 10.1. The molecule has 3 rings (SSSR count). The van der Waals surface area contributed by atoms with Gasteiger partial charge in [-0.15, -0.1) is 0 Å². The topological polar surface area (TPSA) is 70.1 Å². The lowest BCUT2D eigenvalue weighted by Gasteiger charge is -2.37. The Balaban J connectivity index is 1.95. The zero-order valence-electron chi connectivity index (χ0n) is 21.7. The van der Waals surface area contributed by atoms with Gasteiger partial charge in [-0.2, -0.15) is 4.31 Å². The minimum absolute atomic E-state index is 0.0790. The van der Waals surface area contributed by atoms with E-state index in [0.717, 1.165) is 12.0 Å². The van der Waals surface area contributed by atoms with Gasteiger partial charge in [-0.25, -0.2) is 12.8 Å². The van der Waals surface area contributed by atoms with Crippen LogP contribution >= 0.6 is 0 Å². The molecule has 196 valence electrons. The van der Waals surface area contributed by atoms with Crippen molar-refractivity contribution in [2.75, 3.05) is 26.7 Å². The Hall–Kier alpha value is -2.44. The SMILES string of the molecule is CC(C)CC#Cc1ccc2c(c1)O[C@H](CN(C)Cc1ccc(F)cc1)[C@H](C)CN([C@H](C)CO)S2(=O)=O. The molecule has 0 aromatic heterocycles. The number of ether oxygens (including phenoxy) is 1. The van der Waals surface area contributed by atoms with E-state index < -0.39 is 16.1 Å². The average molecular weight is 517 g/mol. The highest BCUT2D eigenvalue weighted by atomic mass is 32.2. The zero-order valence-corrected chi connectivity index (χ0v) is 22.6. The minimum atomic E-state index is -3.89. The third-order valence-corrected chi connectivity index (χ3v) is 8.29. The molecule has 0 fully saturated rings. The van der Waals surface area contributed by atoms with E-state index in [1.54, 1.807) is 37.3 Å². The summed E-state index contributed by atoms with van der Waals surface area (Å²) in [5.74, 6) is 6.54. The maximum atomic E-state index is 13.6. The van der Waals surface area contributed by atoms with Crippen LogP contribution in [0.5, 0.6) is 5.75 Å². The Morgan fingerprint density at radius 3 is 2.53 bits per heavy atom. The van der Waals surface area contributed by atoms with E-state index in [0.29, 0.717) is 24.6 Å². The molecule has 1 heterocycles. The summed E-state index contributed by atoms with van der Waals surface area (Å²) in [5, 5.41) is 9.81. The first-order chi connectivity index (χ1) is 17.0. The first kappa shape index (κ1) is 28.1. The van der Waals surface area contributed by atoms with Crippen molar-refractivity contribution in [1.82, 2.24) is 9.21 Å². The van der Waals surface area contributed by atoms with Crippen LogP contribution in [0, 0.1) is 29.5 Å². The predicted octanol–water partition coefficient (Wildman–Crippen LogP) is 4.12. The highest BCUT2D eigenvalue weighted by Gasteiger charge is 2.38. The molecule has 3 atom stereocenters. The van der Waals surface area contributed by atoms with Crippen molar-refractivity contribution in [2.24, 2.45) is 11.8 Å². The highest BCUT2D eigenvalue weighted by molar-refractivity contribution is 7.89. The predicted molar refractivity (Wildman–Crippen MR) is 140 cm³/mol. The number of sulfonamides is 1. The van der Waals surface area contributed by atoms with E-state index >= 15 is 0 Å². The van der Waals surface area contributed by atoms with Crippen LogP contribution < -0.4 is 4.74 Å². The summed E-state index contributed by atoms with van der Waals surface area (Å²) in [6.45, 7) is 8.91. The molecule has 8 heteroatoms. The fourth-order valence-electron chi connectivity index (χ4n) is 4.15. The summed E-state index contributed by atoms with van der Waals surface area (Å²) in [7, 11) is -1.93. The van der Waals surface area contributed by atoms with Gasteiger partial charge in [0.05, 0.1) is 6.61 Å². The first-order valence-electron chi connectivity index (χ1n) is 12.4. The van der Waals surface area contributed by atoms with Gasteiger partial charge < -0.3 is 9.84 Å². The Labute approximate surface area is 215 Å². The molecule has 2 aromatic rings. The quantitative estimate of drug-likeness (QED) is 0.561. The molecule has 0 saturated carbocycles. The van der Waals surface area contributed by atoms with Crippen molar-refractivity contribution < 1.29 is 22.7 Å². The van der Waals surface area contributed by atoms with Crippen LogP contribution in [0.2, 0.25) is 0 Å². The van der Waals surface area contributed by atoms with Crippen molar-refractivity contribution >= 4 is 10.0 Å². The molecule has 0 aliphatic carbocycles. The molecule has 0 radical (unpaired) electrons. The van der Waals surface area contributed by atoms with E-state index in [1.165, 1.54) is 16.4 Å². The lowest BCUT2D eigenvalue weighted by atomic mass is 10.0. The van der Waals surface area contributed by atoms with Crippen LogP contribution in [-0.2, 0) is 16.6 Å². The molecule has 0 saturated heterocycles. The molecule has 36 heavy (non-hydrogen) atoms. The number of fused-ring (bicyclic) bond motifs is 1. The van der Waals surface area contributed by atoms with E-state index in [9.17, 15) is 17.9 Å². The van der Waals surface area contributed by atoms with Crippen molar-refractivity contribution in [3.8, 4) is 17.6 Å². The van der Waals surface area contributed by atoms with Crippen LogP contribution in [0.4, 0.5) is 4.39 Å². The summed E-state index contributed by atoms with van der Waals surface area (Å²) in [4.78, 5) is 2.16. The van der Waals surface area contributed by atoms with E-state index in [1.807, 2.05) is 14.0 Å². The normalized spacial score (nSPS) is 20.6. The molecular formula is C28H37FN2O4S. The second kappa shape index (κ2) is 12.2. The summed E-state index contributed by atoms with van der Waals surface area (Å²) < 4.78 is 48.3. The van der Waals surface area contributed by atoms with Crippen LogP contribution in [0.1, 0.15) is 45.2 Å². The van der Waals surface area contributed by atoms with Crippen molar-refractivity contribution in [2.45, 2.75) is 57.7 Å². The number of nitrogens with zero attached hydrogens (tertiary/aromatic N) is 2. The monoisotopic (exact) mass is 516 g/mol. The number of hydrogen-bond acceptors (Lipinski definition) is 5. The molecule has 0 amide bonds. The van der Waals surface area contributed by atoms with Gasteiger partial charge in [0.2, 0.25) is 10.0 Å². The van der Waals surface area contributed by atoms with Crippen LogP contribution in [0.15, 0.2) is 47.4 Å². The largest absolute Gasteiger partial charge is 0.487 e. The average Bonchev–Trinajstić information content (AvgIpc) is 2.82. The molecule has 1 N–H and O–H groups in total. The maximum absolute atomic E-state index is 13.6. The van der Waals surface area contributed by atoms with Crippen molar-refractivity contribution in [1.29, 1.82) is 0 Å². The zero-order chi connectivity index (χ0) is 26.5. The van der Waals surface area contributed by atoms with Gasteiger partial charge in [0.1, 0.15) is 22.6 Å². The van der Waals surface area contributed by atoms with Gasteiger partial charge in [-0.05, 0) is 55.8 Å². The standard InChI is InChI=1S/C28H37FN2O4S/c1-20(2)7-6-8-23-11-14-28-26(15-23)35-27(18-30(5)17-24-9-12-25(29)13-10-24)21(3)16-31(22(4)19-32)36(28,33)34/h9-15,20-22,27,32H,7,16-19H2,1-5H3/t21-,22-,27-/m1/s1. The molecule has 2 aromatic carbocycles. The van der Waals surface area contributed by atoms with Crippen molar-refractivity contribution in [3.63, 3.8) is 0 Å². The van der Waals surface area contributed by atoms with E-state index in [-0.39, 0.29) is 41.6 Å². The number of benzene rings is 2. The summed E-state index contributed by atoms with van der Waals surface area (Å²) in [6.07, 6.45) is 0.420. The van der Waals surface area contributed by atoms with Crippen LogP contribution in [0.25, 0.3) is 0 Å². The Morgan fingerprint density at radius 2 is 1.89 bits per heavy atom. The van der Waals surface area contributed by atoms with Gasteiger partial charge in [0.15, 0.2) is 0 Å². The number of hydrogen-bond donors (Lipinski definition) is 1. The molecule has 0 unspecified atom stereocenters. The Morgan fingerprint density at radius 1 is 1.19 bits per heavy atom.